The average Bonchev–Trinajstić information content (AvgIpc) is 2.79. The van der Waals surface area contributed by atoms with Crippen LogP contribution in [0, 0.1) is 5.82 Å². The Morgan fingerprint density at radius 1 is 1.06 bits per heavy atom. The molecule has 0 radical (unpaired) electrons. The van der Waals surface area contributed by atoms with Crippen molar-refractivity contribution in [3.63, 3.8) is 0 Å². The zero-order valence-electron chi connectivity index (χ0n) is 17.1. The first-order chi connectivity index (χ1) is 15.5. The van der Waals surface area contributed by atoms with Crippen molar-refractivity contribution in [3.8, 4) is 0 Å². The summed E-state index contributed by atoms with van der Waals surface area (Å²) in [6.45, 7) is 0.466. The summed E-state index contributed by atoms with van der Waals surface area (Å²) in [5.41, 5.74) is 7.38. The molecule has 0 bridgehead atoms. The molecule has 10 heteroatoms. The summed E-state index contributed by atoms with van der Waals surface area (Å²) in [5.74, 6) is -0.589. The molecule has 1 aromatic heterocycles. The number of piperidine rings is 1. The van der Waals surface area contributed by atoms with Crippen molar-refractivity contribution < 1.29 is 18.7 Å². The van der Waals surface area contributed by atoms with E-state index >= 15 is 0 Å². The lowest BCUT2D eigenvalue weighted by molar-refractivity contribution is -0.119. The minimum absolute atomic E-state index is 0.0498. The Balaban J connectivity index is 1.38. The predicted octanol–water partition coefficient (Wildman–Crippen LogP) is 3.21. The minimum atomic E-state index is -0.562. The number of halogens is 1. The number of nitrogens with zero attached hydrogens (tertiary/aromatic N) is 4. The topological polar surface area (TPSA) is 123 Å². The average molecular weight is 436 g/mol. The fourth-order valence-electron chi connectivity index (χ4n) is 3.29. The van der Waals surface area contributed by atoms with Gasteiger partial charge in [0.2, 0.25) is 17.8 Å². The highest BCUT2D eigenvalue weighted by Crippen LogP contribution is 2.22. The Morgan fingerprint density at radius 3 is 2.53 bits per heavy atom. The number of rotatable bonds is 6. The maximum Gasteiger partial charge on any atom is 0.338 e. The van der Waals surface area contributed by atoms with Gasteiger partial charge < -0.3 is 20.7 Å². The minimum Gasteiger partial charge on any atom is -0.454 e. The van der Waals surface area contributed by atoms with Crippen LogP contribution >= 0.6 is 0 Å². The molecule has 1 amide bonds. The first-order valence-corrected chi connectivity index (χ1v) is 10.1. The molecule has 2 heterocycles. The van der Waals surface area contributed by atoms with E-state index in [1.807, 2.05) is 0 Å². The fraction of sp³-hybridized carbons (Fsp3) is 0.227. The van der Waals surface area contributed by atoms with Gasteiger partial charge >= 0.3 is 5.97 Å². The molecule has 9 nitrogen and oxygen atoms in total. The van der Waals surface area contributed by atoms with Crippen LogP contribution in [-0.4, -0.2) is 33.4 Å². The number of anilines is 4. The SMILES string of the molecule is Nc1nc(COC(=O)c2ccc(N3CCCCC3=O)cc2)nc(Nc2ccc(F)cc2)n1. The van der Waals surface area contributed by atoms with Gasteiger partial charge in [0.05, 0.1) is 5.56 Å². The number of benzene rings is 2. The molecule has 164 valence electrons. The maximum atomic E-state index is 13.0. The van der Waals surface area contributed by atoms with Crippen LogP contribution in [0.3, 0.4) is 0 Å². The van der Waals surface area contributed by atoms with Crippen LogP contribution in [0.1, 0.15) is 35.4 Å². The summed E-state index contributed by atoms with van der Waals surface area (Å²) in [6.07, 6.45) is 2.40. The quantitative estimate of drug-likeness (QED) is 0.565. The van der Waals surface area contributed by atoms with Gasteiger partial charge in [-0.2, -0.15) is 15.0 Å². The zero-order valence-corrected chi connectivity index (χ0v) is 17.1. The second-order valence-electron chi connectivity index (χ2n) is 7.19. The van der Waals surface area contributed by atoms with Crippen molar-refractivity contribution in [1.29, 1.82) is 0 Å². The summed E-state index contributed by atoms with van der Waals surface area (Å²) >= 11 is 0. The second-order valence-corrected chi connectivity index (χ2v) is 7.19. The number of hydrogen-bond donors (Lipinski definition) is 2. The lowest BCUT2D eigenvalue weighted by Crippen LogP contribution is -2.35. The number of esters is 1. The number of nitrogens with one attached hydrogen (secondary N) is 1. The van der Waals surface area contributed by atoms with Gasteiger partial charge in [-0.25, -0.2) is 9.18 Å². The molecule has 1 aliphatic rings. The Bertz CT molecular complexity index is 1120. The summed E-state index contributed by atoms with van der Waals surface area (Å²) in [5, 5.41) is 2.89. The standard InChI is InChI=1S/C22H21FN6O3/c23-15-6-8-16(9-7-15)25-22-27-18(26-21(24)28-22)13-32-20(31)14-4-10-17(11-5-14)29-12-2-1-3-19(29)30/h4-11H,1-3,12-13H2,(H3,24,25,26,27,28). The van der Waals surface area contributed by atoms with E-state index in [9.17, 15) is 14.0 Å². The maximum absolute atomic E-state index is 13.0. The molecule has 0 spiro atoms. The monoisotopic (exact) mass is 436 g/mol. The van der Waals surface area contributed by atoms with Crippen LogP contribution in [-0.2, 0) is 16.1 Å². The smallest absolute Gasteiger partial charge is 0.338 e. The zero-order chi connectivity index (χ0) is 22.5. The number of carbonyl (C=O) groups excluding carboxylic acids is 2. The highest BCUT2D eigenvalue weighted by atomic mass is 19.1. The molecule has 0 aliphatic carbocycles. The number of nitrogen functional groups attached to an aromatic ring is 1. The molecule has 3 N–H and O–H groups in total. The third-order valence-electron chi connectivity index (χ3n) is 4.87. The molecule has 32 heavy (non-hydrogen) atoms. The van der Waals surface area contributed by atoms with Crippen molar-refractivity contribution in [2.75, 3.05) is 22.5 Å². The number of hydrogen-bond acceptors (Lipinski definition) is 8. The molecule has 4 rings (SSSR count). The van der Waals surface area contributed by atoms with Crippen LogP contribution in [0.4, 0.5) is 27.7 Å². The van der Waals surface area contributed by atoms with Gasteiger partial charge in [-0.1, -0.05) is 0 Å². The Morgan fingerprint density at radius 2 is 1.81 bits per heavy atom. The van der Waals surface area contributed by atoms with E-state index in [1.165, 1.54) is 24.3 Å². The lowest BCUT2D eigenvalue weighted by Gasteiger charge is -2.26. The van der Waals surface area contributed by atoms with Crippen molar-refractivity contribution in [3.05, 3.63) is 65.7 Å². The summed E-state index contributed by atoms with van der Waals surface area (Å²) in [4.78, 5) is 38.3. The van der Waals surface area contributed by atoms with Crippen molar-refractivity contribution in [2.45, 2.75) is 25.9 Å². The van der Waals surface area contributed by atoms with Crippen molar-refractivity contribution in [2.24, 2.45) is 0 Å². The van der Waals surface area contributed by atoms with E-state index < -0.39 is 5.97 Å². The summed E-state index contributed by atoms with van der Waals surface area (Å²) < 4.78 is 18.3. The van der Waals surface area contributed by atoms with Gasteiger partial charge in [0.25, 0.3) is 0 Å². The first-order valence-electron chi connectivity index (χ1n) is 10.1. The van der Waals surface area contributed by atoms with Gasteiger partial charge in [0, 0.05) is 24.3 Å². The van der Waals surface area contributed by atoms with Crippen LogP contribution in [0.5, 0.6) is 0 Å². The molecule has 2 aromatic carbocycles. The predicted molar refractivity (Wildman–Crippen MR) is 116 cm³/mol. The molecule has 3 aromatic rings. The van der Waals surface area contributed by atoms with Crippen LogP contribution in [0.2, 0.25) is 0 Å². The Hall–Kier alpha value is -4.08. The lowest BCUT2D eigenvalue weighted by atomic mass is 10.1. The van der Waals surface area contributed by atoms with E-state index in [0.717, 1.165) is 18.5 Å². The van der Waals surface area contributed by atoms with Crippen LogP contribution < -0.4 is 16.0 Å². The van der Waals surface area contributed by atoms with Gasteiger partial charge in [-0.3, -0.25) is 4.79 Å². The Kier molecular flexibility index (Phi) is 6.20. The number of amides is 1. The third-order valence-corrected chi connectivity index (χ3v) is 4.87. The molecular weight excluding hydrogens is 415 g/mol. The number of aromatic nitrogens is 3. The highest BCUT2D eigenvalue weighted by Gasteiger charge is 2.20. The van der Waals surface area contributed by atoms with Gasteiger partial charge in [-0.15, -0.1) is 0 Å². The number of ether oxygens (including phenoxy) is 1. The number of carbonyl (C=O) groups is 2. The molecular formula is C22H21FN6O3. The molecule has 1 fully saturated rings. The van der Waals surface area contributed by atoms with E-state index in [2.05, 4.69) is 20.3 Å². The van der Waals surface area contributed by atoms with Gasteiger partial charge in [-0.05, 0) is 61.4 Å². The van der Waals surface area contributed by atoms with E-state index in [-0.39, 0.29) is 36.1 Å². The molecule has 0 atom stereocenters. The normalized spacial score (nSPS) is 13.7. The third kappa shape index (κ3) is 5.15. The van der Waals surface area contributed by atoms with Crippen LogP contribution in [0.25, 0.3) is 0 Å². The van der Waals surface area contributed by atoms with E-state index in [1.54, 1.807) is 29.2 Å². The summed E-state index contributed by atoms with van der Waals surface area (Å²) in [6, 6.07) is 12.3. The molecule has 1 aliphatic heterocycles. The van der Waals surface area contributed by atoms with E-state index in [4.69, 9.17) is 10.5 Å². The second kappa shape index (κ2) is 9.38. The molecule has 1 saturated heterocycles. The van der Waals surface area contributed by atoms with Crippen molar-refractivity contribution >= 4 is 35.1 Å². The highest BCUT2D eigenvalue weighted by molar-refractivity contribution is 5.95. The van der Waals surface area contributed by atoms with Crippen molar-refractivity contribution in [1.82, 2.24) is 15.0 Å². The van der Waals surface area contributed by atoms with Gasteiger partial charge in [0.1, 0.15) is 5.82 Å². The largest absolute Gasteiger partial charge is 0.454 e. The van der Waals surface area contributed by atoms with E-state index in [0.29, 0.717) is 24.2 Å². The fourth-order valence-corrected chi connectivity index (χ4v) is 3.29. The first kappa shape index (κ1) is 21.2. The van der Waals surface area contributed by atoms with Crippen LogP contribution in [0.15, 0.2) is 48.5 Å². The molecule has 0 unspecified atom stereocenters. The summed E-state index contributed by atoms with van der Waals surface area (Å²) in [7, 11) is 0. The Labute approximate surface area is 183 Å². The molecule has 0 saturated carbocycles. The van der Waals surface area contributed by atoms with Gasteiger partial charge in [0.15, 0.2) is 12.4 Å². The number of nitrogens with two attached hydrogens (primary N) is 1.